The molecule has 0 saturated carbocycles. The molecule has 8 heteroatoms. The van der Waals surface area contributed by atoms with Gasteiger partial charge in [-0.15, -0.1) is 0 Å². The lowest BCUT2D eigenvalue weighted by Gasteiger charge is -2.07. The number of aromatic amines is 1. The van der Waals surface area contributed by atoms with E-state index in [9.17, 15) is 14.7 Å². The lowest BCUT2D eigenvalue weighted by atomic mass is 10.1. The third-order valence-electron chi connectivity index (χ3n) is 3.32. The maximum atomic E-state index is 12.5. The van der Waals surface area contributed by atoms with Crippen LogP contribution in [0.1, 0.15) is 10.4 Å². The number of methoxy groups -OCH3 is 1. The number of anilines is 2. The van der Waals surface area contributed by atoms with Crippen molar-refractivity contribution < 1.29 is 19.4 Å². The van der Waals surface area contributed by atoms with E-state index in [1.807, 2.05) is 0 Å². The average Bonchev–Trinajstić information content (AvgIpc) is 2.98. The highest BCUT2D eigenvalue weighted by Gasteiger charge is 2.15. The minimum Gasteiger partial charge on any atom is -0.506 e. The number of carbonyl (C=O) groups is 2. The SMILES string of the molecule is COC(=O)Nc1nc2c(C(=O)Nc3ccccc3O)cccc2[nH]1. The van der Waals surface area contributed by atoms with Crippen LogP contribution >= 0.6 is 0 Å². The standard InChI is InChI=1S/C16H14N4O4/c1-24-16(23)20-15-18-11-7-4-5-9(13(11)19-15)14(22)17-10-6-2-3-8-12(10)21/h2-8,21H,1H3,(H,17,22)(H2,18,19,20,23). The molecule has 0 aliphatic carbocycles. The molecule has 0 aliphatic heterocycles. The fourth-order valence-corrected chi connectivity index (χ4v) is 2.19. The number of nitrogens with zero attached hydrogens (tertiary/aromatic N) is 1. The summed E-state index contributed by atoms with van der Waals surface area (Å²) in [5.41, 5.74) is 1.55. The van der Waals surface area contributed by atoms with Crippen molar-refractivity contribution in [3.8, 4) is 5.75 Å². The highest BCUT2D eigenvalue weighted by Crippen LogP contribution is 2.24. The van der Waals surface area contributed by atoms with Gasteiger partial charge in [0.15, 0.2) is 0 Å². The zero-order chi connectivity index (χ0) is 17.1. The van der Waals surface area contributed by atoms with Crippen LogP contribution in [-0.4, -0.2) is 34.2 Å². The van der Waals surface area contributed by atoms with Gasteiger partial charge in [-0.2, -0.15) is 0 Å². The van der Waals surface area contributed by atoms with Gasteiger partial charge < -0.3 is 20.1 Å². The Bertz CT molecular complexity index is 919. The smallest absolute Gasteiger partial charge is 0.413 e. The van der Waals surface area contributed by atoms with Gasteiger partial charge in [-0.05, 0) is 24.3 Å². The Morgan fingerprint density at radius 3 is 2.67 bits per heavy atom. The van der Waals surface area contributed by atoms with Crippen LogP contribution in [0.5, 0.6) is 5.75 Å². The number of phenolic OH excluding ortho intramolecular Hbond substituents is 1. The number of phenols is 1. The third-order valence-corrected chi connectivity index (χ3v) is 3.32. The summed E-state index contributed by atoms with van der Waals surface area (Å²) < 4.78 is 4.50. The number of amides is 2. The van der Waals surface area contributed by atoms with Gasteiger partial charge in [-0.25, -0.2) is 9.78 Å². The Hall–Kier alpha value is -3.55. The predicted octanol–water partition coefficient (Wildman–Crippen LogP) is 2.70. The molecule has 24 heavy (non-hydrogen) atoms. The van der Waals surface area contributed by atoms with Crippen LogP contribution in [0, 0.1) is 0 Å². The van der Waals surface area contributed by atoms with Crippen LogP contribution in [0.2, 0.25) is 0 Å². The zero-order valence-corrected chi connectivity index (χ0v) is 12.7. The maximum Gasteiger partial charge on any atom is 0.413 e. The van der Waals surface area contributed by atoms with Gasteiger partial charge in [0.2, 0.25) is 5.95 Å². The van der Waals surface area contributed by atoms with E-state index in [-0.39, 0.29) is 11.7 Å². The highest BCUT2D eigenvalue weighted by molar-refractivity contribution is 6.12. The molecule has 0 saturated heterocycles. The van der Waals surface area contributed by atoms with E-state index < -0.39 is 12.0 Å². The van der Waals surface area contributed by atoms with E-state index >= 15 is 0 Å². The molecule has 0 aliphatic rings. The number of ether oxygens (including phenoxy) is 1. The van der Waals surface area contributed by atoms with Crippen molar-refractivity contribution in [2.24, 2.45) is 0 Å². The molecular formula is C16H14N4O4. The number of aromatic hydroxyl groups is 1. The van der Waals surface area contributed by atoms with Crippen LogP contribution in [-0.2, 0) is 4.74 Å². The first kappa shape index (κ1) is 15.3. The predicted molar refractivity (Wildman–Crippen MR) is 88.2 cm³/mol. The monoisotopic (exact) mass is 326 g/mol. The number of rotatable bonds is 3. The number of fused-ring (bicyclic) bond motifs is 1. The summed E-state index contributed by atoms with van der Waals surface area (Å²) in [5, 5.41) is 14.8. The lowest BCUT2D eigenvalue weighted by Crippen LogP contribution is -2.13. The second-order valence-corrected chi connectivity index (χ2v) is 4.88. The topological polar surface area (TPSA) is 116 Å². The largest absolute Gasteiger partial charge is 0.506 e. The molecule has 2 amide bonds. The fraction of sp³-hybridized carbons (Fsp3) is 0.0625. The molecule has 0 atom stereocenters. The van der Waals surface area contributed by atoms with Gasteiger partial charge in [0.05, 0.1) is 23.9 Å². The number of nitrogens with one attached hydrogen (secondary N) is 3. The summed E-state index contributed by atoms with van der Waals surface area (Å²) in [6.07, 6.45) is -0.672. The summed E-state index contributed by atoms with van der Waals surface area (Å²) in [6.45, 7) is 0. The fourth-order valence-electron chi connectivity index (χ4n) is 2.19. The van der Waals surface area contributed by atoms with Crippen LogP contribution in [0.4, 0.5) is 16.4 Å². The van der Waals surface area contributed by atoms with Gasteiger partial charge in [-0.1, -0.05) is 18.2 Å². The summed E-state index contributed by atoms with van der Waals surface area (Å²) in [7, 11) is 1.24. The van der Waals surface area contributed by atoms with Crippen LogP contribution in [0.15, 0.2) is 42.5 Å². The first-order valence-corrected chi connectivity index (χ1v) is 7.01. The summed E-state index contributed by atoms with van der Waals surface area (Å²) in [5.74, 6) is -0.300. The van der Waals surface area contributed by atoms with Crippen molar-refractivity contribution in [3.63, 3.8) is 0 Å². The van der Waals surface area contributed by atoms with Crippen LogP contribution < -0.4 is 10.6 Å². The second-order valence-electron chi connectivity index (χ2n) is 4.88. The number of hydrogen-bond acceptors (Lipinski definition) is 5. The Kier molecular flexibility index (Phi) is 4.02. The normalized spacial score (nSPS) is 10.4. The molecule has 8 nitrogen and oxygen atoms in total. The van der Waals surface area contributed by atoms with Crippen LogP contribution in [0.3, 0.4) is 0 Å². The number of para-hydroxylation sites is 3. The van der Waals surface area contributed by atoms with Crippen molar-refractivity contribution in [3.05, 3.63) is 48.0 Å². The lowest BCUT2D eigenvalue weighted by molar-refractivity contribution is 0.102. The van der Waals surface area contributed by atoms with Crippen molar-refractivity contribution in [1.29, 1.82) is 0 Å². The first-order valence-electron chi connectivity index (χ1n) is 7.01. The molecule has 3 rings (SSSR count). The Morgan fingerprint density at radius 1 is 1.12 bits per heavy atom. The number of hydrogen-bond donors (Lipinski definition) is 4. The Morgan fingerprint density at radius 2 is 1.92 bits per heavy atom. The maximum absolute atomic E-state index is 12.5. The zero-order valence-electron chi connectivity index (χ0n) is 12.7. The van der Waals surface area contributed by atoms with E-state index in [2.05, 4.69) is 25.3 Å². The summed E-state index contributed by atoms with van der Waals surface area (Å²) in [6, 6.07) is 11.4. The Labute approximate surface area is 136 Å². The average molecular weight is 326 g/mol. The van der Waals surface area contributed by atoms with Crippen molar-refractivity contribution in [2.75, 3.05) is 17.7 Å². The number of aromatic nitrogens is 2. The van der Waals surface area contributed by atoms with Gasteiger partial charge in [-0.3, -0.25) is 10.1 Å². The second kappa shape index (κ2) is 6.29. The van der Waals surface area contributed by atoms with Crippen molar-refractivity contribution in [2.45, 2.75) is 0 Å². The number of carbonyl (C=O) groups excluding carboxylic acids is 2. The quantitative estimate of drug-likeness (QED) is 0.552. The third kappa shape index (κ3) is 2.98. The molecule has 0 unspecified atom stereocenters. The molecule has 3 aromatic rings. The van der Waals surface area contributed by atoms with Crippen molar-refractivity contribution in [1.82, 2.24) is 9.97 Å². The molecule has 4 N–H and O–H groups in total. The minimum absolute atomic E-state index is 0.0342. The molecule has 2 aromatic carbocycles. The van der Waals surface area contributed by atoms with E-state index in [0.29, 0.717) is 22.3 Å². The first-order chi connectivity index (χ1) is 11.6. The number of benzene rings is 2. The highest BCUT2D eigenvalue weighted by atomic mass is 16.5. The van der Waals surface area contributed by atoms with E-state index in [0.717, 1.165) is 0 Å². The van der Waals surface area contributed by atoms with Gasteiger partial charge in [0.25, 0.3) is 5.91 Å². The molecule has 0 fully saturated rings. The van der Waals surface area contributed by atoms with Gasteiger partial charge in [0, 0.05) is 0 Å². The minimum atomic E-state index is -0.672. The summed E-state index contributed by atoms with van der Waals surface area (Å²) >= 11 is 0. The molecule has 1 aromatic heterocycles. The van der Waals surface area contributed by atoms with E-state index in [1.54, 1.807) is 36.4 Å². The molecule has 0 bridgehead atoms. The molecule has 122 valence electrons. The van der Waals surface area contributed by atoms with Crippen LogP contribution in [0.25, 0.3) is 11.0 Å². The molecular weight excluding hydrogens is 312 g/mol. The number of imidazole rings is 1. The molecule has 1 heterocycles. The van der Waals surface area contributed by atoms with Gasteiger partial charge in [0.1, 0.15) is 11.3 Å². The van der Waals surface area contributed by atoms with E-state index in [1.165, 1.54) is 13.2 Å². The summed E-state index contributed by atoms with van der Waals surface area (Å²) in [4.78, 5) is 30.8. The number of H-pyrrole nitrogens is 1. The van der Waals surface area contributed by atoms with Gasteiger partial charge >= 0.3 is 6.09 Å². The van der Waals surface area contributed by atoms with E-state index in [4.69, 9.17) is 0 Å². The molecule has 0 radical (unpaired) electrons. The Balaban J connectivity index is 1.92. The molecule has 0 spiro atoms. The van der Waals surface area contributed by atoms with Crippen molar-refractivity contribution >= 4 is 34.7 Å².